The molecule has 98 valence electrons. The minimum atomic E-state index is -0.308. The van der Waals surface area contributed by atoms with Crippen molar-refractivity contribution in [2.45, 2.75) is 32.2 Å². The highest BCUT2D eigenvalue weighted by atomic mass is 35.5. The number of rotatable bonds is 5. The molecule has 0 aliphatic heterocycles. The van der Waals surface area contributed by atoms with Crippen molar-refractivity contribution < 1.29 is 4.79 Å². The van der Waals surface area contributed by atoms with Crippen LogP contribution >= 0.6 is 12.4 Å². The van der Waals surface area contributed by atoms with Crippen molar-refractivity contribution >= 4 is 18.3 Å². The topological polar surface area (TPSA) is 72.9 Å². The smallest absolute Gasteiger partial charge is 0.254 e. The third-order valence-electron chi connectivity index (χ3n) is 2.98. The van der Waals surface area contributed by atoms with Gasteiger partial charge in [0, 0.05) is 25.3 Å². The maximum Gasteiger partial charge on any atom is 0.254 e. The maximum absolute atomic E-state index is 11.7. The highest BCUT2D eigenvalue weighted by Gasteiger charge is 2.21. The molecule has 0 bridgehead atoms. The second-order valence-corrected chi connectivity index (χ2v) is 4.15. The molecule has 0 saturated heterocycles. The molecule has 0 atom stereocenters. The average molecular weight is 261 g/mol. The van der Waals surface area contributed by atoms with Gasteiger partial charge >= 0.3 is 0 Å². The molecule has 0 spiro atoms. The second-order valence-electron chi connectivity index (χ2n) is 4.15. The fourth-order valence-corrected chi connectivity index (χ4v) is 1.40. The molecule has 1 amide bonds. The average Bonchev–Trinajstić information content (AvgIpc) is 2.72. The van der Waals surface area contributed by atoms with Gasteiger partial charge in [-0.2, -0.15) is 5.10 Å². The number of hydrogen-bond donors (Lipinski definition) is 2. The molecule has 1 heterocycles. The number of hydrogen-bond acceptors (Lipinski definition) is 3. The molecular formula is C11H21ClN4O. The van der Waals surface area contributed by atoms with Crippen LogP contribution in [0.2, 0.25) is 0 Å². The van der Waals surface area contributed by atoms with Gasteiger partial charge in [0.15, 0.2) is 0 Å². The van der Waals surface area contributed by atoms with Gasteiger partial charge in [-0.1, -0.05) is 13.8 Å². The van der Waals surface area contributed by atoms with E-state index < -0.39 is 0 Å². The summed E-state index contributed by atoms with van der Waals surface area (Å²) in [4.78, 5) is 11.7. The predicted octanol–water partition coefficient (Wildman–Crippen LogP) is 1.09. The van der Waals surface area contributed by atoms with Gasteiger partial charge in [-0.15, -0.1) is 12.4 Å². The van der Waals surface area contributed by atoms with Crippen LogP contribution in [0.4, 0.5) is 0 Å². The largest absolute Gasteiger partial charge is 0.350 e. The van der Waals surface area contributed by atoms with Crippen molar-refractivity contribution in [1.29, 1.82) is 0 Å². The van der Waals surface area contributed by atoms with Gasteiger partial charge in [0.05, 0.1) is 11.8 Å². The molecule has 17 heavy (non-hydrogen) atoms. The van der Waals surface area contributed by atoms with E-state index in [1.165, 1.54) is 0 Å². The molecule has 0 aliphatic carbocycles. The van der Waals surface area contributed by atoms with Crippen LogP contribution < -0.4 is 11.1 Å². The lowest BCUT2D eigenvalue weighted by atomic mass is 9.94. The summed E-state index contributed by atoms with van der Waals surface area (Å²) in [6.07, 6.45) is 4.92. The van der Waals surface area contributed by atoms with Crippen LogP contribution in [0, 0.1) is 0 Å². The fraction of sp³-hybridized carbons (Fsp3) is 0.636. The summed E-state index contributed by atoms with van der Waals surface area (Å²) >= 11 is 0. The Bertz CT molecular complexity index is 360. The molecule has 0 aliphatic rings. The summed E-state index contributed by atoms with van der Waals surface area (Å²) < 4.78 is 1.60. The summed E-state index contributed by atoms with van der Waals surface area (Å²) in [6, 6.07) is 0. The number of aromatic nitrogens is 2. The number of halogens is 1. The molecule has 6 heteroatoms. The quantitative estimate of drug-likeness (QED) is 0.832. The normalized spacial score (nSPS) is 10.8. The van der Waals surface area contributed by atoms with Gasteiger partial charge in [0.1, 0.15) is 0 Å². The molecule has 0 aromatic carbocycles. The van der Waals surface area contributed by atoms with Crippen molar-refractivity contribution in [2.75, 3.05) is 6.54 Å². The molecular weight excluding hydrogens is 240 g/mol. The lowest BCUT2D eigenvalue weighted by Crippen LogP contribution is -2.49. The van der Waals surface area contributed by atoms with Crippen LogP contribution in [-0.2, 0) is 7.05 Å². The van der Waals surface area contributed by atoms with Crippen LogP contribution in [0.5, 0.6) is 0 Å². The first-order valence-electron chi connectivity index (χ1n) is 5.56. The zero-order chi connectivity index (χ0) is 12.2. The van der Waals surface area contributed by atoms with Gasteiger partial charge in [-0.3, -0.25) is 9.48 Å². The Morgan fingerprint density at radius 1 is 1.53 bits per heavy atom. The number of nitrogens with one attached hydrogen (secondary N) is 1. The van der Waals surface area contributed by atoms with Gasteiger partial charge < -0.3 is 11.1 Å². The Kier molecular flexibility index (Phi) is 6.20. The van der Waals surface area contributed by atoms with Gasteiger partial charge in [-0.25, -0.2) is 0 Å². The number of nitrogens with two attached hydrogens (primary N) is 1. The lowest BCUT2D eigenvalue weighted by molar-refractivity contribution is 0.0942. The molecule has 5 nitrogen and oxygen atoms in total. The highest BCUT2D eigenvalue weighted by molar-refractivity contribution is 5.93. The molecule has 1 rings (SSSR count). The standard InChI is InChI=1S/C11H20N4O.ClH/c1-4-11(12,5-2)8-13-10(16)9-6-14-15(3)7-9;/h6-7H,4-5,8,12H2,1-3H3,(H,13,16);1H. The summed E-state index contributed by atoms with van der Waals surface area (Å²) in [7, 11) is 1.78. The first-order chi connectivity index (χ1) is 7.50. The molecule has 0 unspecified atom stereocenters. The Morgan fingerprint density at radius 3 is 2.53 bits per heavy atom. The van der Waals surface area contributed by atoms with Gasteiger partial charge in [-0.05, 0) is 12.8 Å². The number of carbonyl (C=O) groups excluding carboxylic acids is 1. The van der Waals surface area contributed by atoms with Crippen molar-refractivity contribution in [3.8, 4) is 0 Å². The summed E-state index contributed by atoms with van der Waals surface area (Å²) in [5.74, 6) is -0.121. The van der Waals surface area contributed by atoms with E-state index in [4.69, 9.17) is 5.73 Å². The van der Waals surface area contributed by atoms with Crippen molar-refractivity contribution in [1.82, 2.24) is 15.1 Å². The predicted molar refractivity (Wildman–Crippen MR) is 70.3 cm³/mol. The van der Waals surface area contributed by atoms with E-state index >= 15 is 0 Å². The molecule has 1 aromatic heterocycles. The van der Waals surface area contributed by atoms with Crippen LogP contribution in [0.15, 0.2) is 12.4 Å². The number of aryl methyl sites for hydroxylation is 1. The Balaban J connectivity index is 0.00000256. The Labute approximate surface area is 108 Å². The number of amides is 1. The summed E-state index contributed by atoms with van der Waals surface area (Å²) in [6.45, 7) is 4.55. The van der Waals surface area contributed by atoms with Crippen LogP contribution in [0.1, 0.15) is 37.0 Å². The first kappa shape index (κ1) is 15.9. The highest BCUT2D eigenvalue weighted by Crippen LogP contribution is 2.09. The SMILES string of the molecule is CCC(N)(CC)CNC(=O)c1cnn(C)c1.Cl. The number of carbonyl (C=O) groups is 1. The van der Waals surface area contributed by atoms with Crippen molar-refractivity contribution in [2.24, 2.45) is 12.8 Å². The maximum atomic E-state index is 11.7. The van der Waals surface area contributed by atoms with Crippen LogP contribution in [-0.4, -0.2) is 27.8 Å². The minimum absolute atomic E-state index is 0. The molecule has 1 aromatic rings. The molecule has 0 fully saturated rings. The summed E-state index contributed by atoms with van der Waals surface area (Å²) in [5.41, 5.74) is 6.35. The zero-order valence-corrected chi connectivity index (χ0v) is 11.4. The van der Waals surface area contributed by atoms with Crippen molar-refractivity contribution in [3.63, 3.8) is 0 Å². The second kappa shape index (κ2) is 6.61. The van der Waals surface area contributed by atoms with Crippen LogP contribution in [0.3, 0.4) is 0 Å². The van der Waals surface area contributed by atoms with E-state index in [1.807, 2.05) is 13.8 Å². The van der Waals surface area contributed by atoms with Gasteiger partial charge in [0.2, 0.25) is 0 Å². The van der Waals surface area contributed by atoms with E-state index in [9.17, 15) is 4.79 Å². The van der Waals surface area contributed by atoms with E-state index in [0.717, 1.165) is 12.8 Å². The molecule has 3 N–H and O–H groups in total. The summed E-state index contributed by atoms with van der Waals surface area (Å²) in [5, 5.41) is 6.78. The Morgan fingerprint density at radius 2 is 2.12 bits per heavy atom. The van der Waals surface area contributed by atoms with E-state index in [0.29, 0.717) is 12.1 Å². The van der Waals surface area contributed by atoms with Crippen molar-refractivity contribution in [3.05, 3.63) is 18.0 Å². The molecule has 0 saturated carbocycles. The Hall–Kier alpha value is -1.07. The third kappa shape index (κ3) is 4.36. The third-order valence-corrected chi connectivity index (χ3v) is 2.98. The number of nitrogens with zero attached hydrogens (tertiary/aromatic N) is 2. The minimum Gasteiger partial charge on any atom is -0.350 e. The monoisotopic (exact) mass is 260 g/mol. The molecule has 0 radical (unpaired) electrons. The van der Waals surface area contributed by atoms with E-state index in [-0.39, 0.29) is 23.9 Å². The van der Waals surface area contributed by atoms with E-state index in [2.05, 4.69) is 10.4 Å². The fourth-order valence-electron chi connectivity index (χ4n) is 1.40. The lowest BCUT2D eigenvalue weighted by Gasteiger charge is -2.26. The zero-order valence-electron chi connectivity index (χ0n) is 10.6. The first-order valence-corrected chi connectivity index (χ1v) is 5.56. The van der Waals surface area contributed by atoms with Gasteiger partial charge in [0.25, 0.3) is 5.91 Å². The van der Waals surface area contributed by atoms with Crippen LogP contribution in [0.25, 0.3) is 0 Å². The van der Waals surface area contributed by atoms with E-state index in [1.54, 1.807) is 24.1 Å².